The third-order valence-corrected chi connectivity index (χ3v) is 10.7. The maximum atomic E-state index is 6.60. The topological polar surface area (TPSA) is 48.3 Å². The average Bonchev–Trinajstić information content (AvgIpc) is 3.83. The second kappa shape index (κ2) is 9.80. The monoisotopic (exact) mass is 650 g/mol. The molecule has 5 aromatic heterocycles. The van der Waals surface area contributed by atoms with Gasteiger partial charge in [0.2, 0.25) is 0 Å². The van der Waals surface area contributed by atoms with Crippen LogP contribution < -0.4 is 0 Å². The van der Waals surface area contributed by atoms with Gasteiger partial charge in [-0.3, -0.25) is 4.57 Å². The molecule has 5 nitrogen and oxygen atoms in total. The van der Waals surface area contributed by atoms with Gasteiger partial charge in [0.1, 0.15) is 17.0 Å². The molecule has 0 bridgehead atoms. The van der Waals surface area contributed by atoms with Crippen molar-refractivity contribution in [3.8, 4) is 39.6 Å². The summed E-state index contributed by atoms with van der Waals surface area (Å²) in [6.07, 6.45) is 0. The van der Waals surface area contributed by atoms with Gasteiger partial charge in [-0.25, -0.2) is 9.97 Å². The Morgan fingerprint density at radius 3 is 1.90 bits per heavy atom. The van der Waals surface area contributed by atoms with E-state index in [0.717, 1.165) is 61.1 Å². The first-order chi connectivity index (χ1) is 25.3. The lowest BCUT2D eigenvalue weighted by atomic mass is 10.0. The molecule has 12 rings (SSSR count). The molecule has 12 aromatic rings. The van der Waals surface area contributed by atoms with E-state index in [-0.39, 0.29) is 0 Å². The first-order valence-electron chi connectivity index (χ1n) is 17.3. The zero-order valence-corrected chi connectivity index (χ0v) is 27.2. The van der Waals surface area contributed by atoms with Crippen molar-refractivity contribution in [3.05, 3.63) is 158 Å². The Balaban J connectivity index is 1.20. The van der Waals surface area contributed by atoms with Gasteiger partial charge in [-0.05, 0) is 53.6 Å². The highest BCUT2D eigenvalue weighted by atomic mass is 16.3. The van der Waals surface area contributed by atoms with Crippen LogP contribution in [0.5, 0.6) is 0 Å². The number of furan rings is 1. The van der Waals surface area contributed by atoms with Crippen molar-refractivity contribution in [1.82, 2.24) is 18.9 Å². The van der Waals surface area contributed by atoms with E-state index >= 15 is 0 Å². The highest BCUT2D eigenvalue weighted by Crippen LogP contribution is 2.48. The van der Waals surface area contributed by atoms with E-state index in [1.807, 2.05) is 24.3 Å². The molecule has 51 heavy (non-hydrogen) atoms. The van der Waals surface area contributed by atoms with Crippen LogP contribution in [-0.4, -0.2) is 18.9 Å². The largest absolute Gasteiger partial charge is 0.456 e. The van der Waals surface area contributed by atoms with E-state index in [1.165, 1.54) is 43.7 Å². The molecular formula is C46H26N4O. The summed E-state index contributed by atoms with van der Waals surface area (Å²) in [5.41, 5.74) is 12.7. The summed E-state index contributed by atoms with van der Waals surface area (Å²) in [7, 11) is 0. The van der Waals surface area contributed by atoms with Gasteiger partial charge in [-0.15, -0.1) is 0 Å². The zero-order valence-electron chi connectivity index (χ0n) is 27.2. The Morgan fingerprint density at radius 1 is 0.412 bits per heavy atom. The minimum absolute atomic E-state index is 0.684. The van der Waals surface area contributed by atoms with E-state index in [4.69, 9.17) is 14.4 Å². The van der Waals surface area contributed by atoms with Gasteiger partial charge in [0.05, 0.1) is 38.7 Å². The minimum Gasteiger partial charge on any atom is -0.456 e. The summed E-state index contributed by atoms with van der Waals surface area (Å²) in [5.74, 6) is 1.50. The summed E-state index contributed by atoms with van der Waals surface area (Å²) < 4.78 is 11.4. The molecule has 0 saturated carbocycles. The number of para-hydroxylation sites is 1. The van der Waals surface area contributed by atoms with Crippen LogP contribution in [0.3, 0.4) is 0 Å². The third-order valence-electron chi connectivity index (χ3n) is 10.7. The fourth-order valence-corrected chi connectivity index (χ4v) is 8.49. The van der Waals surface area contributed by atoms with Crippen molar-refractivity contribution in [3.63, 3.8) is 0 Å². The summed E-state index contributed by atoms with van der Waals surface area (Å²) >= 11 is 0. The molecule has 0 saturated heterocycles. The standard InChI is InChI=1S/C46H26N4O/c1-3-10-27(11-4-1)28-18-20-29(21-19-28)33-26-40(48-46(47-33)30-12-5-2-6-13-30)49-35-16-9-17-36-41(35)42-37(49)23-25-38-43(42)44-39(51-38)24-22-32-31-14-7-8-15-34(31)50(36)45(32)44/h1-26H. The van der Waals surface area contributed by atoms with Crippen LogP contribution in [0.25, 0.3) is 111 Å². The molecule has 236 valence electrons. The van der Waals surface area contributed by atoms with E-state index in [0.29, 0.717) is 5.82 Å². The van der Waals surface area contributed by atoms with E-state index in [9.17, 15) is 0 Å². The van der Waals surface area contributed by atoms with Crippen molar-refractivity contribution in [2.24, 2.45) is 0 Å². The van der Waals surface area contributed by atoms with Crippen LogP contribution in [0.1, 0.15) is 0 Å². The van der Waals surface area contributed by atoms with Gasteiger partial charge in [-0.1, -0.05) is 109 Å². The van der Waals surface area contributed by atoms with Gasteiger partial charge in [0, 0.05) is 44.1 Å². The average molecular weight is 651 g/mol. The molecule has 0 amide bonds. The lowest BCUT2D eigenvalue weighted by molar-refractivity contribution is 0.669. The van der Waals surface area contributed by atoms with Gasteiger partial charge >= 0.3 is 0 Å². The lowest BCUT2D eigenvalue weighted by Crippen LogP contribution is -2.02. The van der Waals surface area contributed by atoms with Gasteiger partial charge in [-0.2, -0.15) is 0 Å². The number of aromatic nitrogens is 4. The molecule has 0 unspecified atom stereocenters. The number of hydrogen-bond donors (Lipinski definition) is 0. The van der Waals surface area contributed by atoms with E-state index < -0.39 is 0 Å². The molecule has 5 heteroatoms. The zero-order chi connectivity index (χ0) is 33.2. The number of hydrogen-bond acceptors (Lipinski definition) is 3. The second-order valence-corrected chi connectivity index (χ2v) is 13.4. The number of nitrogens with zero attached hydrogens (tertiary/aromatic N) is 4. The van der Waals surface area contributed by atoms with E-state index in [1.54, 1.807) is 0 Å². The van der Waals surface area contributed by atoms with Crippen molar-refractivity contribution < 1.29 is 4.42 Å². The van der Waals surface area contributed by atoms with Crippen LogP contribution in [0, 0.1) is 0 Å². The third kappa shape index (κ3) is 3.59. The second-order valence-electron chi connectivity index (χ2n) is 13.4. The summed E-state index contributed by atoms with van der Waals surface area (Å²) in [6.45, 7) is 0. The summed E-state index contributed by atoms with van der Waals surface area (Å²) in [5, 5.41) is 7.16. The number of fused-ring (bicyclic) bond motifs is 4. The summed E-state index contributed by atoms with van der Waals surface area (Å²) in [6, 6.07) is 55.6. The van der Waals surface area contributed by atoms with Gasteiger partial charge in [0.15, 0.2) is 5.82 Å². The molecule has 0 atom stereocenters. The lowest BCUT2D eigenvalue weighted by Gasteiger charge is -2.13. The molecule has 0 radical (unpaired) electrons. The van der Waals surface area contributed by atoms with Crippen molar-refractivity contribution in [2.75, 3.05) is 0 Å². The van der Waals surface area contributed by atoms with Crippen molar-refractivity contribution in [1.29, 1.82) is 0 Å². The smallest absolute Gasteiger partial charge is 0.162 e. The predicted octanol–water partition coefficient (Wildman–Crippen LogP) is 11.9. The van der Waals surface area contributed by atoms with Crippen molar-refractivity contribution >= 4 is 71.1 Å². The van der Waals surface area contributed by atoms with Crippen LogP contribution in [0.4, 0.5) is 0 Å². The minimum atomic E-state index is 0.684. The Kier molecular flexibility index (Phi) is 5.17. The van der Waals surface area contributed by atoms with Gasteiger partial charge < -0.3 is 8.82 Å². The molecule has 0 N–H and O–H groups in total. The predicted molar refractivity (Wildman–Crippen MR) is 208 cm³/mol. The Bertz CT molecular complexity index is 3280. The molecule has 5 heterocycles. The van der Waals surface area contributed by atoms with Gasteiger partial charge in [0.25, 0.3) is 0 Å². The van der Waals surface area contributed by atoms with Crippen LogP contribution in [0.15, 0.2) is 162 Å². The van der Waals surface area contributed by atoms with Crippen LogP contribution >= 0.6 is 0 Å². The molecule has 0 fully saturated rings. The highest BCUT2D eigenvalue weighted by molar-refractivity contribution is 6.37. The SMILES string of the molecule is c1ccc(-c2ccc(-c3cc(-n4c5ccc6oc7ccc8c9ccccc9n9c%10cccc4c%10c5c6c7c89)nc(-c4ccccc4)n3)cc2)cc1. The first kappa shape index (κ1) is 26.9. The first-order valence-corrected chi connectivity index (χ1v) is 17.3. The number of benzene rings is 7. The molecule has 0 aliphatic carbocycles. The molecule has 0 aliphatic rings. The Labute approximate surface area is 290 Å². The summed E-state index contributed by atoms with van der Waals surface area (Å²) in [4.78, 5) is 10.5. The maximum absolute atomic E-state index is 6.60. The van der Waals surface area contributed by atoms with Crippen LogP contribution in [-0.2, 0) is 0 Å². The fourth-order valence-electron chi connectivity index (χ4n) is 8.49. The maximum Gasteiger partial charge on any atom is 0.162 e. The molecular weight excluding hydrogens is 625 g/mol. The van der Waals surface area contributed by atoms with E-state index in [2.05, 4.69) is 142 Å². The quantitative estimate of drug-likeness (QED) is 0.190. The van der Waals surface area contributed by atoms with Crippen LogP contribution in [0.2, 0.25) is 0 Å². The molecule has 7 aromatic carbocycles. The molecule has 0 aliphatic heterocycles. The normalized spacial score (nSPS) is 12.3. The highest BCUT2D eigenvalue weighted by Gasteiger charge is 2.26. The molecule has 0 spiro atoms. The van der Waals surface area contributed by atoms with Crippen molar-refractivity contribution in [2.45, 2.75) is 0 Å². The fraction of sp³-hybridized carbons (Fsp3) is 0. The number of rotatable bonds is 4. The Morgan fingerprint density at radius 2 is 1.06 bits per heavy atom. The Hall–Kier alpha value is -6.98.